The van der Waals surface area contributed by atoms with Crippen molar-refractivity contribution in [3.8, 4) is 5.75 Å². The number of hydrogen-bond donors (Lipinski definition) is 2. The van der Waals surface area contributed by atoms with Crippen LogP contribution in [0.25, 0.3) is 0 Å². The SMILES string of the molecule is Nc1cccc(NC(=O)c2cccc(OCc3ccccc3)c2)c1N=S. The third-order valence-corrected chi connectivity index (χ3v) is 3.93. The van der Waals surface area contributed by atoms with Crippen LogP contribution in [-0.2, 0) is 19.0 Å². The molecule has 6 heteroatoms. The molecule has 0 bridgehead atoms. The van der Waals surface area contributed by atoms with Crippen molar-refractivity contribution in [2.24, 2.45) is 4.36 Å². The van der Waals surface area contributed by atoms with E-state index in [0.29, 0.717) is 35.0 Å². The van der Waals surface area contributed by atoms with Crippen molar-refractivity contribution in [3.05, 3.63) is 83.9 Å². The van der Waals surface area contributed by atoms with Crippen LogP contribution in [0.15, 0.2) is 77.2 Å². The van der Waals surface area contributed by atoms with Gasteiger partial charge in [0.25, 0.3) is 5.91 Å². The summed E-state index contributed by atoms with van der Waals surface area (Å²) in [5, 5.41) is 2.78. The van der Waals surface area contributed by atoms with Gasteiger partial charge in [-0.25, -0.2) is 0 Å². The van der Waals surface area contributed by atoms with E-state index in [-0.39, 0.29) is 5.91 Å². The summed E-state index contributed by atoms with van der Waals surface area (Å²) in [5.74, 6) is 0.322. The number of rotatable bonds is 6. The van der Waals surface area contributed by atoms with E-state index in [1.807, 2.05) is 36.4 Å². The lowest BCUT2D eigenvalue weighted by Gasteiger charge is -2.11. The molecule has 0 saturated heterocycles. The molecule has 0 heterocycles. The molecule has 1 amide bonds. The molecule has 3 aromatic rings. The van der Waals surface area contributed by atoms with E-state index in [4.69, 9.17) is 22.9 Å². The summed E-state index contributed by atoms with van der Waals surface area (Å²) in [6.45, 7) is 0.431. The van der Waals surface area contributed by atoms with Crippen LogP contribution in [0.1, 0.15) is 15.9 Å². The minimum atomic E-state index is -0.291. The fraction of sp³-hybridized carbons (Fsp3) is 0.0500. The van der Waals surface area contributed by atoms with Crippen molar-refractivity contribution in [2.75, 3.05) is 11.1 Å². The molecule has 3 N–H and O–H groups in total. The first kappa shape index (κ1) is 17.6. The molecule has 0 radical (unpaired) electrons. The van der Waals surface area contributed by atoms with Crippen molar-refractivity contribution in [1.82, 2.24) is 0 Å². The summed E-state index contributed by atoms with van der Waals surface area (Å²) >= 11 is 4.74. The Morgan fingerprint density at radius 3 is 2.58 bits per heavy atom. The predicted molar refractivity (Wildman–Crippen MR) is 105 cm³/mol. The first-order valence-corrected chi connectivity index (χ1v) is 8.34. The van der Waals surface area contributed by atoms with E-state index < -0.39 is 0 Å². The minimum absolute atomic E-state index is 0.291. The monoisotopic (exact) mass is 363 g/mol. The van der Waals surface area contributed by atoms with Gasteiger partial charge in [-0.3, -0.25) is 4.79 Å². The summed E-state index contributed by atoms with van der Waals surface area (Å²) in [4.78, 5) is 12.5. The molecular weight excluding hydrogens is 346 g/mol. The van der Waals surface area contributed by atoms with Gasteiger partial charge in [0.05, 0.1) is 11.4 Å². The number of hydrogen-bond acceptors (Lipinski definition) is 5. The summed E-state index contributed by atoms with van der Waals surface area (Å²) in [6, 6.07) is 21.9. The van der Waals surface area contributed by atoms with Crippen LogP contribution < -0.4 is 15.8 Å². The molecule has 0 fully saturated rings. The van der Waals surface area contributed by atoms with Crippen LogP contribution in [0.4, 0.5) is 17.1 Å². The Kier molecular flexibility index (Phi) is 5.56. The number of nitrogens with two attached hydrogens (primary N) is 1. The lowest BCUT2D eigenvalue weighted by Crippen LogP contribution is -2.12. The number of nitrogen functional groups attached to an aromatic ring is 1. The first-order valence-electron chi connectivity index (χ1n) is 7.97. The third-order valence-electron chi connectivity index (χ3n) is 3.75. The highest BCUT2D eigenvalue weighted by Crippen LogP contribution is 2.31. The zero-order valence-electron chi connectivity index (χ0n) is 13.9. The number of nitrogens with zero attached hydrogens (tertiary/aromatic N) is 1. The van der Waals surface area contributed by atoms with Crippen molar-refractivity contribution in [2.45, 2.75) is 6.61 Å². The Morgan fingerprint density at radius 2 is 1.81 bits per heavy atom. The quantitative estimate of drug-likeness (QED) is 0.634. The molecule has 0 aliphatic rings. The van der Waals surface area contributed by atoms with E-state index in [2.05, 4.69) is 9.68 Å². The Labute approximate surface area is 157 Å². The maximum absolute atomic E-state index is 12.5. The maximum atomic E-state index is 12.5. The molecule has 3 aromatic carbocycles. The van der Waals surface area contributed by atoms with Gasteiger partial charge in [-0.1, -0.05) is 42.5 Å². The van der Waals surface area contributed by atoms with Gasteiger partial charge in [0.1, 0.15) is 18.0 Å². The smallest absolute Gasteiger partial charge is 0.255 e. The van der Waals surface area contributed by atoms with Crippen LogP contribution >= 0.6 is 0 Å². The molecule has 0 aromatic heterocycles. The number of anilines is 2. The molecule has 0 spiro atoms. The van der Waals surface area contributed by atoms with Gasteiger partial charge in [0.2, 0.25) is 0 Å². The van der Waals surface area contributed by atoms with Gasteiger partial charge >= 0.3 is 0 Å². The Bertz CT molecular complexity index is 929. The standard InChI is InChI=1S/C20H17N3O2S/c21-17-10-5-11-18(19(17)23-26)22-20(24)15-8-4-9-16(12-15)25-13-14-6-2-1-3-7-14/h1-12H,13,21H2,(H,22,24). The summed E-state index contributed by atoms with van der Waals surface area (Å²) < 4.78 is 9.48. The molecule has 0 unspecified atom stereocenters. The van der Waals surface area contributed by atoms with Crippen molar-refractivity contribution in [3.63, 3.8) is 0 Å². The van der Waals surface area contributed by atoms with E-state index in [0.717, 1.165) is 5.56 Å². The van der Waals surface area contributed by atoms with Crippen LogP contribution in [0, 0.1) is 0 Å². The molecule has 130 valence electrons. The summed E-state index contributed by atoms with van der Waals surface area (Å²) in [6.07, 6.45) is 0. The second-order valence-electron chi connectivity index (χ2n) is 5.59. The average Bonchev–Trinajstić information content (AvgIpc) is 2.67. The Hall–Kier alpha value is -3.25. The van der Waals surface area contributed by atoms with E-state index in [1.165, 1.54) is 0 Å². The maximum Gasteiger partial charge on any atom is 0.255 e. The highest BCUT2D eigenvalue weighted by molar-refractivity contribution is 7.47. The zero-order valence-corrected chi connectivity index (χ0v) is 14.7. The van der Waals surface area contributed by atoms with Crippen molar-refractivity contribution < 1.29 is 9.53 Å². The average molecular weight is 363 g/mol. The number of benzene rings is 3. The fourth-order valence-corrected chi connectivity index (χ4v) is 2.63. The third kappa shape index (κ3) is 4.23. The van der Waals surface area contributed by atoms with Gasteiger partial charge in [0.15, 0.2) is 0 Å². The highest BCUT2D eigenvalue weighted by atomic mass is 32.1. The lowest BCUT2D eigenvalue weighted by molar-refractivity contribution is 0.102. The van der Waals surface area contributed by atoms with Gasteiger partial charge < -0.3 is 15.8 Å². The molecule has 0 aliphatic carbocycles. The van der Waals surface area contributed by atoms with Crippen LogP contribution in [-0.4, -0.2) is 5.91 Å². The zero-order chi connectivity index (χ0) is 18.4. The van der Waals surface area contributed by atoms with E-state index in [1.54, 1.807) is 36.4 Å². The molecule has 26 heavy (non-hydrogen) atoms. The van der Waals surface area contributed by atoms with Gasteiger partial charge in [-0.15, -0.1) is 0 Å². The molecule has 5 nitrogen and oxygen atoms in total. The van der Waals surface area contributed by atoms with Gasteiger partial charge in [-0.05, 0) is 35.9 Å². The highest BCUT2D eigenvalue weighted by Gasteiger charge is 2.11. The number of nitrogens with one attached hydrogen (secondary N) is 1. The Balaban J connectivity index is 1.72. The van der Waals surface area contributed by atoms with E-state index >= 15 is 0 Å². The molecule has 0 atom stereocenters. The Morgan fingerprint density at radius 1 is 1.04 bits per heavy atom. The second-order valence-corrected chi connectivity index (χ2v) is 5.77. The normalized spacial score (nSPS) is 10.2. The molecule has 3 rings (SSSR count). The van der Waals surface area contributed by atoms with Crippen molar-refractivity contribution >= 4 is 35.4 Å². The predicted octanol–water partition coefficient (Wildman–Crippen LogP) is 4.46. The molecular formula is C20H17N3O2S. The van der Waals surface area contributed by atoms with Crippen LogP contribution in [0.2, 0.25) is 0 Å². The molecule has 0 saturated carbocycles. The number of amides is 1. The minimum Gasteiger partial charge on any atom is -0.489 e. The van der Waals surface area contributed by atoms with Crippen LogP contribution in [0.5, 0.6) is 5.75 Å². The van der Waals surface area contributed by atoms with E-state index in [9.17, 15) is 4.79 Å². The summed E-state index contributed by atoms with van der Waals surface area (Å²) in [5.41, 5.74) is 8.62. The fourth-order valence-electron chi connectivity index (χ4n) is 2.43. The largest absolute Gasteiger partial charge is 0.489 e. The lowest BCUT2D eigenvalue weighted by atomic mass is 10.1. The van der Waals surface area contributed by atoms with Crippen LogP contribution in [0.3, 0.4) is 0 Å². The number of ether oxygens (including phenoxy) is 1. The number of carbonyl (C=O) groups excluding carboxylic acids is 1. The van der Waals surface area contributed by atoms with Crippen molar-refractivity contribution in [1.29, 1.82) is 0 Å². The summed E-state index contributed by atoms with van der Waals surface area (Å²) in [7, 11) is 0. The topological polar surface area (TPSA) is 76.7 Å². The first-order chi connectivity index (χ1) is 12.7. The van der Waals surface area contributed by atoms with Gasteiger partial charge in [0, 0.05) is 18.0 Å². The molecule has 0 aliphatic heterocycles. The van der Waals surface area contributed by atoms with Gasteiger partial charge in [-0.2, -0.15) is 4.36 Å². The second kappa shape index (κ2) is 8.22. The number of carbonyl (C=O) groups is 1.